The zero-order valence-electron chi connectivity index (χ0n) is 12.4. The van der Waals surface area contributed by atoms with E-state index in [0.717, 1.165) is 16.6 Å². The van der Waals surface area contributed by atoms with Gasteiger partial charge in [0.05, 0.1) is 11.0 Å². The third kappa shape index (κ3) is 3.37. The molecule has 0 saturated heterocycles. The van der Waals surface area contributed by atoms with Gasteiger partial charge in [-0.3, -0.25) is 14.9 Å². The van der Waals surface area contributed by atoms with Crippen LogP contribution in [0.4, 0.5) is 5.95 Å². The molecule has 6 nitrogen and oxygen atoms in total. The number of aryl methyl sites for hydroxylation is 1. The van der Waals surface area contributed by atoms with E-state index in [1.54, 1.807) is 18.2 Å². The lowest BCUT2D eigenvalue weighted by Crippen LogP contribution is -2.16. The van der Waals surface area contributed by atoms with Gasteiger partial charge >= 0.3 is 0 Å². The van der Waals surface area contributed by atoms with Crippen molar-refractivity contribution < 1.29 is 9.59 Å². The molecule has 0 fully saturated rings. The van der Waals surface area contributed by atoms with E-state index in [-0.39, 0.29) is 12.3 Å². The monoisotopic (exact) mass is 308 g/mol. The zero-order chi connectivity index (χ0) is 16.2. The van der Waals surface area contributed by atoms with Crippen LogP contribution in [0.5, 0.6) is 0 Å². The Hall–Kier alpha value is -3.15. The minimum Gasteiger partial charge on any atom is -0.366 e. The van der Waals surface area contributed by atoms with E-state index >= 15 is 0 Å². The minimum absolute atomic E-state index is 0.177. The highest BCUT2D eigenvalue weighted by atomic mass is 16.2. The molecule has 2 aromatic carbocycles. The number of aromatic nitrogens is 2. The summed E-state index contributed by atoms with van der Waals surface area (Å²) in [5.41, 5.74) is 8.20. The first-order chi connectivity index (χ1) is 11.1. The molecule has 3 rings (SSSR count). The molecule has 0 unspecified atom stereocenters. The van der Waals surface area contributed by atoms with Crippen molar-refractivity contribution in [2.45, 2.75) is 12.8 Å². The van der Waals surface area contributed by atoms with Gasteiger partial charge in [0.2, 0.25) is 17.8 Å². The Morgan fingerprint density at radius 2 is 1.83 bits per heavy atom. The molecule has 0 atom stereocenters. The number of nitrogens with two attached hydrogens (primary N) is 1. The Morgan fingerprint density at radius 3 is 2.61 bits per heavy atom. The van der Waals surface area contributed by atoms with Gasteiger partial charge in [-0.05, 0) is 30.2 Å². The molecule has 1 aromatic heterocycles. The number of primary amides is 1. The van der Waals surface area contributed by atoms with Crippen molar-refractivity contribution in [1.82, 2.24) is 9.97 Å². The first-order valence-corrected chi connectivity index (χ1v) is 7.26. The van der Waals surface area contributed by atoms with E-state index in [1.165, 1.54) is 0 Å². The molecule has 0 radical (unpaired) electrons. The number of carbonyl (C=O) groups excluding carboxylic acids is 2. The standard InChI is InChI=1S/C17H16N4O2/c18-16(23)12-6-2-1-5-11(12)9-10-15(22)21-17-19-13-7-3-4-8-14(13)20-17/h1-8H,9-10H2,(H2,18,23)(H2,19,20,21,22). The van der Waals surface area contributed by atoms with Gasteiger partial charge < -0.3 is 10.7 Å². The van der Waals surface area contributed by atoms with Crippen LogP contribution in [-0.4, -0.2) is 21.8 Å². The number of aromatic amines is 1. The maximum Gasteiger partial charge on any atom is 0.248 e. The Balaban J connectivity index is 1.65. The van der Waals surface area contributed by atoms with Crippen LogP contribution in [0.15, 0.2) is 48.5 Å². The summed E-state index contributed by atoms with van der Waals surface area (Å²) in [6.07, 6.45) is 0.673. The molecule has 0 aliphatic heterocycles. The molecular weight excluding hydrogens is 292 g/mol. The zero-order valence-corrected chi connectivity index (χ0v) is 12.4. The lowest BCUT2D eigenvalue weighted by Gasteiger charge is -2.06. The Morgan fingerprint density at radius 1 is 1.09 bits per heavy atom. The average Bonchev–Trinajstić information content (AvgIpc) is 2.95. The fraction of sp³-hybridized carbons (Fsp3) is 0.118. The van der Waals surface area contributed by atoms with Crippen LogP contribution in [-0.2, 0) is 11.2 Å². The maximum atomic E-state index is 12.1. The third-order valence-corrected chi connectivity index (χ3v) is 3.55. The summed E-state index contributed by atoms with van der Waals surface area (Å²) in [6, 6.07) is 14.6. The van der Waals surface area contributed by atoms with Crippen molar-refractivity contribution in [2.24, 2.45) is 5.73 Å². The summed E-state index contributed by atoms with van der Waals surface area (Å²) in [7, 11) is 0. The van der Waals surface area contributed by atoms with Crippen molar-refractivity contribution in [3.63, 3.8) is 0 Å². The Labute approximate surface area is 132 Å². The lowest BCUT2D eigenvalue weighted by atomic mass is 10.0. The van der Waals surface area contributed by atoms with Crippen LogP contribution >= 0.6 is 0 Å². The van der Waals surface area contributed by atoms with Crippen LogP contribution in [0.2, 0.25) is 0 Å². The number of fused-ring (bicyclic) bond motifs is 1. The number of nitrogens with one attached hydrogen (secondary N) is 2. The highest BCUT2D eigenvalue weighted by Gasteiger charge is 2.10. The van der Waals surface area contributed by atoms with Crippen LogP contribution in [0, 0.1) is 0 Å². The Kier molecular flexibility index (Phi) is 4.05. The van der Waals surface area contributed by atoms with Crippen molar-refractivity contribution in [1.29, 1.82) is 0 Å². The summed E-state index contributed by atoms with van der Waals surface area (Å²) in [4.78, 5) is 30.7. The molecule has 2 amide bonds. The molecular formula is C17H16N4O2. The predicted molar refractivity (Wildman–Crippen MR) is 88.0 cm³/mol. The van der Waals surface area contributed by atoms with E-state index < -0.39 is 5.91 Å². The van der Waals surface area contributed by atoms with Crippen molar-refractivity contribution in [3.05, 3.63) is 59.7 Å². The molecule has 0 saturated carbocycles. The number of rotatable bonds is 5. The van der Waals surface area contributed by atoms with Crippen molar-refractivity contribution in [2.75, 3.05) is 5.32 Å². The quantitative estimate of drug-likeness (QED) is 0.673. The third-order valence-electron chi connectivity index (χ3n) is 3.55. The van der Waals surface area contributed by atoms with Crippen molar-refractivity contribution in [3.8, 4) is 0 Å². The molecule has 4 N–H and O–H groups in total. The normalized spacial score (nSPS) is 10.6. The molecule has 116 valence electrons. The fourth-order valence-electron chi connectivity index (χ4n) is 2.43. The van der Waals surface area contributed by atoms with Gasteiger partial charge in [0.15, 0.2) is 0 Å². The fourth-order valence-corrected chi connectivity index (χ4v) is 2.43. The second-order valence-corrected chi connectivity index (χ2v) is 5.17. The molecule has 0 aliphatic rings. The second kappa shape index (κ2) is 6.31. The van der Waals surface area contributed by atoms with Crippen molar-refractivity contribution >= 4 is 28.8 Å². The minimum atomic E-state index is -0.488. The highest BCUT2D eigenvalue weighted by Crippen LogP contribution is 2.14. The first kappa shape index (κ1) is 14.8. The molecule has 0 bridgehead atoms. The number of nitrogens with zero attached hydrogens (tertiary/aromatic N) is 1. The van der Waals surface area contributed by atoms with Crippen LogP contribution in [0.25, 0.3) is 11.0 Å². The largest absolute Gasteiger partial charge is 0.366 e. The SMILES string of the molecule is NC(=O)c1ccccc1CCC(=O)Nc1nc2ccccc2[nH]1. The molecule has 6 heteroatoms. The summed E-state index contributed by atoms with van der Waals surface area (Å²) in [6.45, 7) is 0. The average molecular weight is 308 g/mol. The predicted octanol–water partition coefficient (Wildman–Crippen LogP) is 2.23. The molecule has 1 heterocycles. The van der Waals surface area contributed by atoms with Gasteiger partial charge in [0, 0.05) is 12.0 Å². The number of imidazole rings is 1. The Bertz CT molecular complexity index is 837. The second-order valence-electron chi connectivity index (χ2n) is 5.17. The van der Waals surface area contributed by atoms with Gasteiger partial charge in [-0.25, -0.2) is 4.98 Å². The summed E-state index contributed by atoms with van der Waals surface area (Å²) < 4.78 is 0. The number of hydrogen-bond acceptors (Lipinski definition) is 3. The number of carbonyl (C=O) groups is 2. The number of amides is 2. The van der Waals surface area contributed by atoms with E-state index in [9.17, 15) is 9.59 Å². The molecule has 0 spiro atoms. The van der Waals surface area contributed by atoms with Gasteiger partial charge in [-0.1, -0.05) is 30.3 Å². The van der Waals surface area contributed by atoms with E-state index in [4.69, 9.17) is 5.73 Å². The topological polar surface area (TPSA) is 101 Å². The van der Waals surface area contributed by atoms with E-state index in [2.05, 4.69) is 15.3 Å². The highest BCUT2D eigenvalue weighted by molar-refractivity contribution is 5.95. The van der Waals surface area contributed by atoms with Crippen LogP contribution in [0.1, 0.15) is 22.3 Å². The maximum absolute atomic E-state index is 12.1. The first-order valence-electron chi connectivity index (χ1n) is 7.26. The number of para-hydroxylation sites is 2. The van der Waals surface area contributed by atoms with Gasteiger partial charge in [0.25, 0.3) is 0 Å². The van der Waals surface area contributed by atoms with Gasteiger partial charge in [0.1, 0.15) is 0 Å². The summed E-state index contributed by atoms with van der Waals surface area (Å²) in [5.74, 6) is -0.249. The number of hydrogen-bond donors (Lipinski definition) is 3. The number of H-pyrrole nitrogens is 1. The van der Waals surface area contributed by atoms with Crippen LogP contribution < -0.4 is 11.1 Å². The van der Waals surface area contributed by atoms with Gasteiger partial charge in [-0.15, -0.1) is 0 Å². The lowest BCUT2D eigenvalue weighted by molar-refractivity contribution is -0.116. The summed E-state index contributed by atoms with van der Waals surface area (Å²) in [5, 5.41) is 2.73. The van der Waals surface area contributed by atoms with E-state index in [0.29, 0.717) is 17.9 Å². The molecule has 0 aliphatic carbocycles. The smallest absolute Gasteiger partial charge is 0.248 e. The summed E-state index contributed by atoms with van der Waals surface area (Å²) >= 11 is 0. The number of benzene rings is 2. The number of anilines is 1. The van der Waals surface area contributed by atoms with Gasteiger partial charge in [-0.2, -0.15) is 0 Å². The molecule has 23 heavy (non-hydrogen) atoms. The van der Waals surface area contributed by atoms with E-state index in [1.807, 2.05) is 30.3 Å². The van der Waals surface area contributed by atoms with Crippen LogP contribution in [0.3, 0.4) is 0 Å². The molecule has 3 aromatic rings.